The minimum atomic E-state index is -0.592. The van der Waals surface area contributed by atoms with Crippen LogP contribution in [0, 0.1) is 24.7 Å². The van der Waals surface area contributed by atoms with E-state index in [9.17, 15) is 9.59 Å². The number of hydrogen-bond donors (Lipinski definition) is 1. The minimum absolute atomic E-state index is 0.0731. The van der Waals surface area contributed by atoms with E-state index in [2.05, 4.69) is 16.2 Å². The van der Waals surface area contributed by atoms with Gasteiger partial charge in [-0.1, -0.05) is 11.6 Å². The van der Waals surface area contributed by atoms with Gasteiger partial charge in [-0.2, -0.15) is 0 Å². The molecular weight excluding hydrogens is 430 g/mol. The van der Waals surface area contributed by atoms with E-state index in [1.165, 1.54) is 4.90 Å². The van der Waals surface area contributed by atoms with Crippen LogP contribution in [0.4, 0.5) is 5.69 Å². The quantitative estimate of drug-likeness (QED) is 0.655. The number of rotatable bonds is 6. The highest BCUT2D eigenvalue weighted by Gasteiger charge is 2.51. The number of carbonyl (C=O) groups excluding carboxylic acids is 2. The fourth-order valence-corrected chi connectivity index (χ4v) is 3.97. The number of amides is 2. The van der Waals surface area contributed by atoms with Crippen LogP contribution in [0.2, 0.25) is 0 Å². The molecule has 7 heteroatoms. The van der Waals surface area contributed by atoms with Gasteiger partial charge in [-0.3, -0.25) is 14.6 Å². The van der Waals surface area contributed by atoms with Gasteiger partial charge in [0.1, 0.15) is 5.69 Å². The molecule has 2 aliphatic rings. The summed E-state index contributed by atoms with van der Waals surface area (Å²) in [6.45, 7) is 3.99. The minimum Gasteiger partial charge on any atom is -0.453 e. The Morgan fingerprint density at radius 1 is 1.21 bits per heavy atom. The smallest absolute Gasteiger partial charge is 0.271 e. The fraction of sp³-hybridized carbons (Fsp3) is 0.296. The second-order valence-electron chi connectivity index (χ2n) is 8.77. The third kappa shape index (κ3) is 4.40. The van der Waals surface area contributed by atoms with Gasteiger partial charge in [0.2, 0.25) is 18.5 Å². The Morgan fingerprint density at radius 3 is 2.65 bits per heavy atom. The normalized spacial score (nSPS) is 16.3. The largest absolute Gasteiger partial charge is 0.453 e. The number of allylic oxidation sites excluding steroid dienone is 2. The molecule has 0 bridgehead atoms. The molecule has 0 unspecified atom stereocenters. The van der Waals surface area contributed by atoms with Crippen LogP contribution < -0.4 is 5.32 Å². The maximum atomic E-state index is 13.3. The molecule has 2 amide bonds. The standard InChI is InChI=1S/C27H27N3O4/c1-6-23-24(34-16-33-23)13-18(3)27(10-11-27)26(32)29-20-8-7-17(2)21(15-20)19-9-12-28-22(14-19)25(31)30(4)5/h1,7-9,12-15H,10-11,16H2,2-5H3,(H,29,32)/b18-13+. The number of carbonyl (C=O) groups is 2. The van der Waals surface area contributed by atoms with Gasteiger partial charge in [0.25, 0.3) is 5.91 Å². The van der Waals surface area contributed by atoms with Crippen molar-refractivity contribution in [2.45, 2.75) is 26.7 Å². The van der Waals surface area contributed by atoms with E-state index in [0.29, 0.717) is 22.9 Å². The molecule has 2 heterocycles. The average molecular weight is 458 g/mol. The van der Waals surface area contributed by atoms with Gasteiger partial charge in [0.05, 0.1) is 5.41 Å². The first-order chi connectivity index (χ1) is 16.2. The first-order valence-corrected chi connectivity index (χ1v) is 11.0. The van der Waals surface area contributed by atoms with E-state index in [-0.39, 0.29) is 18.6 Å². The summed E-state index contributed by atoms with van der Waals surface area (Å²) < 4.78 is 10.7. The Bertz CT molecular complexity index is 1260. The number of nitrogens with zero attached hydrogens (tertiary/aromatic N) is 2. The molecule has 1 fully saturated rings. The van der Waals surface area contributed by atoms with Gasteiger partial charge in [0.15, 0.2) is 5.76 Å². The molecule has 1 aromatic heterocycles. The van der Waals surface area contributed by atoms with Crippen molar-refractivity contribution in [1.29, 1.82) is 0 Å². The third-order valence-corrected chi connectivity index (χ3v) is 6.25. The summed E-state index contributed by atoms with van der Waals surface area (Å²) in [6.07, 6.45) is 10.4. The van der Waals surface area contributed by atoms with Crippen LogP contribution in [-0.4, -0.2) is 42.6 Å². The van der Waals surface area contributed by atoms with Crippen molar-refractivity contribution >= 4 is 17.5 Å². The number of aromatic nitrogens is 1. The lowest BCUT2D eigenvalue weighted by Gasteiger charge is -2.18. The fourth-order valence-electron chi connectivity index (χ4n) is 3.97. The molecule has 1 N–H and O–H groups in total. The van der Waals surface area contributed by atoms with E-state index in [1.807, 2.05) is 38.1 Å². The van der Waals surface area contributed by atoms with E-state index in [1.54, 1.807) is 32.4 Å². The predicted octanol–water partition coefficient (Wildman–Crippen LogP) is 4.27. The van der Waals surface area contributed by atoms with Crippen LogP contribution in [-0.2, 0) is 14.3 Å². The molecule has 7 nitrogen and oxygen atoms in total. The molecule has 1 aliphatic carbocycles. The van der Waals surface area contributed by atoms with Gasteiger partial charge in [-0.05, 0) is 79.6 Å². The average Bonchev–Trinajstić information content (AvgIpc) is 3.53. The summed E-state index contributed by atoms with van der Waals surface area (Å²) in [4.78, 5) is 31.3. The highest BCUT2D eigenvalue weighted by Crippen LogP contribution is 2.53. The molecule has 0 spiro atoms. The van der Waals surface area contributed by atoms with Crippen molar-refractivity contribution in [1.82, 2.24) is 9.88 Å². The molecule has 1 saturated carbocycles. The Morgan fingerprint density at radius 2 is 1.97 bits per heavy atom. The first-order valence-electron chi connectivity index (χ1n) is 11.0. The summed E-state index contributed by atoms with van der Waals surface area (Å²) in [6, 6.07) is 9.39. The van der Waals surface area contributed by atoms with Gasteiger partial charge in [0, 0.05) is 26.0 Å². The summed E-state index contributed by atoms with van der Waals surface area (Å²) in [5, 5.41) is 3.07. The molecule has 34 heavy (non-hydrogen) atoms. The van der Waals surface area contributed by atoms with Crippen molar-refractivity contribution in [3.05, 3.63) is 71.0 Å². The van der Waals surface area contributed by atoms with E-state index in [0.717, 1.165) is 35.1 Å². The first kappa shape index (κ1) is 23.1. The highest BCUT2D eigenvalue weighted by molar-refractivity contribution is 6.00. The van der Waals surface area contributed by atoms with Crippen LogP contribution in [0.3, 0.4) is 0 Å². The number of aryl methyl sites for hydroxylation is 1. The van der Waals surface area contributed by atoms with Crippen LogP contribution in [0.25, 0.3) is 11.1 Å². The Balaban J connectivity index is 1.58. The zero-order chi connectivity index (χ0) is 24.5. The number of pyridine rings is 1. The molecule has 4 rings (SSSR count). The van der Waals surface area contributed by atoms with Crippen LogP contribution in [0.1, 0.15) is 35.8 Å². The van der Waals surface area contributed by atoms with Gasteiger partial charge < -0.3 is 19.7 Å². The number of anilines is 1. The Kier molecular flexibility index (Phi) is 6.16. The second kappa shape index (κ2) is 9.06. The van der Waals surface area contributed by atoms with E-state index < -0.39 is 5.41 Å². The third-order valence-electron chi connectivity index (χ3n) is 6.25. The van der Waals surface area contributed by atoms with Crippen LogP contribution >= 0.6 is 0 Å². The van der Waals surface area contributed by atoms with Gasteiger partial charge in [-0.25, -0.2) is 0 Å². The summed E-state index contributed by atoms with van der Waals surface area (Å²) in [5.74, 6) is 3.06. The molecule has 1 aliphatic heterocycles. The molecule has 174 valence electrons. The predicted molar refractivity (Wildman–Crippen MR) is 129 cm³/mol. The van der Waals surface area contributed by atoms with E-state index >= 15 is 0 Å². The van der Waals surface area contributed by atoms with Crippen molar-refractivity contribution in [2.24, 2.45) is 5.41 Å². The lowest BCUT2D eigenvalue weighted by atomic mass is 9.94. The number of hydrogen-bond acceptors (Lipinski definition) is 5. The lowest BCUT2D eigenvalue weighted by molar-refractivity contribution is -0.119. The molecular formula is C27H27N3O4. The van der Waals surface area contributed by atoms with Crippen molar-refractivity contribution < 1.29 is 19.1 Å². The monoisotopic (exact) mass is 457 g/mol. The SMILES string of the molecule is C#CC1=C(/C=C(\C)C2(C(=O)Nc3ccc(C)c(-c4ccnc(C(=O)N(C)C)c4)c3)CC2)OCO1. The van der Waals surface area contributed by atoms with Crippen molar-refractivity contribution in [2.75, 3.05) is 26.2 Å². The highest BCUT2D eigenvalue weighted by atomic mass is 16.7. The number of terminal acetylenes is 1. The second-order valence-corrected chi connectivity index (χ2v) is 8.77. The number of nitrogens with one attached hydrogen (secondary N) is 1. The topological polar surface area (TPSA) is 80.8 Å². The lowest BCUT2D eigenvalue weighted by Crippen LogP contribution is -2.25. The summed E-state index contributed by atoms with van der Waals surface area (Å²) >= 11 is 0. The van der Waals surface area contributed by atoms with Gasteiger partial charge in [-0.15, -0.1) is 6.42 Å². The Labute approximate surface area is 199 Å². The Hall–Kier alpha value is -4.05. The maximum Gasteiger partial charge on any atom is 0.271 e. The molecule has 1 aromatic carbocycles. The van der Waals surface area contributed by atoms with Gasteiger partial charge >= 0.3 is 0 Å². The molecule has 0 radical (unpaired) electrons. The molecule has 2 aromatic rings. The number of benzene rings is 1. The summed E-state index contributed by atoms with van der Waals surface area (Å²) in [7, 11) is 3.38. The van der Waals surface area contributed by atoms with Crippen LogP contribution in [0.15, 0.2) is 59.7 Å². The molecule has 0 saturated heterocycles. The van der Waals surface area contributed by atoms with Crippen molar-refractivity contribution in [3.8, 4) is 23.5 Å². The maximum absolute atomic E-state index is 13.3. The van der Waals surface area contributed by atoms with E-state index in [4.69, 9.17) is 15.9 Å². The summed E-state index contributed by atoms with van der Waals surface area (Å²) in [5.41, 5.74) is 4.15. The van der Waals surface area contributed by atoms with Crippen molar-refractivity contribution in [3.63, 3.8) is 0 Å². The van der Waals surface area contributed by atoms with Crippen LogP contribution in [0.5, 0.6) is 0 Å². The number of ether oxygens (including phenoxy) is 2. The zero-order valence-electron chi connectivity index (χ0n) is 19.8. The zero-order valence-corrected chi connectivity index (χ0v) is 19.8. The molecule has 0 atom stereocenters.